The first-order valence-corrected chi connectivity index (χ1v) is 10.9. The molecule has 1 amide bonds. The van der Waals surface area contributed by atoms with Crippen LogP contribution >= 0.6 is 0 Å². The summed E-state index contributed by atoms with van der Waals surface area (Å²) in [6.07, 6.45) is 4.87. The Morgan fingerprint density at radius 3 is 2.50 bits per heavy atom. The molecule has 8 heteroatoms. The summed E-state index contributed by atoms with van der Waals surface area (Å²) >= 11 is 0. The van der Waals surface area contributed by atoms with E-state index in [1.54, 1.807) is 10.7 Å². The Morgan fingerprint density at radius 2 is 1.88 bits per heavy atom. The zero-order valence-corrected chi connectivity index (χ0v) is 18.4. The largest absolute Gasteiger partial charge is 0.352 e. The number of nitrogens with one attached hydrogen (secondary N) is 2. The number of rotatable bonds is 6. The number of carbonyl (C=O) groups is 1. The van der Waals surface area contributed by atoms with Crippen LogP contribution in [0.3, 0.4) is 0 Å². The summed E-state index contributed by atoms with van der Waals surface area (Å²) in [5.41, 5.74) is 0.327. The molecular formula is C24H26F2N4O2. The van der Waals surface area contributed by atoms with Crippen molar-refractivity contribution in [2.24, 2.45) is 0 Å². The molecule has 6 nitrogen and oxygen atoms in total. The van der Waals surface area contributed by atoms with Crippen LogP contribution in [0.1, 0.15) is 45.6 Å². The number of amides is 1. The number of fused-ring (bicyclic) bond motifs is 1. The van der Waals surface area contributed by atoms with Crippen molar-refractivity contribution in [3.8, 4) is 11.3 Å². The first-order chi connectivity index (χ1) is 15.3. The van der Waals surface area contributed by atoms with Crippen molar-refractivity contribution in [2.45, 2.75) is 52.0 Å². The topological polar surface area (TPSA) is 79.8 Å². The third-order valence-corrected chi connectivity index (χ3v) is 6.51. The SMILES string of the molecule is CCn1ncc2c(F)cc(-c3[nH]c(=O)c(C(C=C4CCNC4=O)(CC)CC)cc3F)cc21. The Morgan fingerprint density at radius 1 is 1.12 bits per heavy atom. The minimum atomic E-state index is -0.778. The summed E-state index contributed by atoms with van der Waals surface area (Å²) in [4.78, 5) is 27.9. The number of nitrogens with zero attached hydrogens (tertiary/aromatic N) is 2. The predicted octanol–water partition coefficient (Wildman–Crippen LogP) is 4.19. The molecule has 1 aliphatic heterocycles. The molecule has 0 bridgehead atoms. The maximum Gasteiger partial charge on any atom is 0.252 e. The molecule has 32 heavy (non-hydrogen) atoms. The number of pyridine rings is 1. The number of H-pyrrole nitrogens is 1. The number of halogens is 2. The van der Waals surface area contributed by atoms with E-state index in [2.05, 4.69) is 15.4 Å². The highest BCUT2D eigenvalue weighted by Crippen LogP contribution is 2.35. The Balaban J connectivity index is 1.86. The van der Waals surface area contributed by atoms with Gasteiger partial charge in [-0.2, -0.15) is 5.10 Å². The third kappa shape index (κ3) is 3.53. The molecule has 168 valence electrons. The smallest absolute Gasteiger partial charge is 0.252 e. The Hall–Kier alpha value is -3.29. The molecule has 4 rings (SSSR count). The van der Waals surface area contributed by atoms with Crippen molar-refractivity contribution in [3.63, 3.8) is 0 Å². The fourth-order valence-corrected chi connectivity index (χ4v) is 4.54. The van der Waals surface area contributed by atoms with Crippen LogP contribution < -0.4 is 10.9 Å². The van der Waals surface area contributed by atoms with Gasteiger partial charge in [0.05, 0.1) is 22.8 Å². The quantitative estimate of drug-likeness (QED) is 0.564. The number of hydrogen-bond acceptors (Lipinski definition) is 3. The number of aromatic amines is 1. The van der Waals surface area contributed by atoms with Crippen LogP contribution in [-0.4, -0.2) is 27.2 Å². The fraction of sp³-hybridized carbons (Fsp3) is 0.375. The first kappa shape index (κ1) is 21.9. The maximum absolute atomic E-state index is 15.3. The van der Waals surface area contributed by atoms with E-state index in [0.717, 1.165) is 0 Å². The fourth-order valence-electron chi connectivity index (χ4n) is 4.54. The van der Waals surface area contributed by atoms with Crippen LogP contribution in [-0.2, 0) is 16.8 Å². The zero-order valence-electron chi connectivity index (χ0n) is 18.4. The molecule has 1 saturated heterocycles. The molecule has 0 aliphatic carbocycles. The van der Waals surface area contributed by atoms with Gasteiger partial charge in [-0.25, -0.2) is 8.78 Å². The van der Waals surface area contributed by atoms with Crippen molar-refractivity contribution in [3.05, 3.63) is 63.6 Å². The van der Waals surface area contributed by atoms with E-state index in [0.29, 0.717) is 48.8 Å². The van der Waals surface area contributed by atoms with E-state index in [9.17, 15) is 14.0 Å². The van der Waals surface area contributed by atoms with E-state index in [1.165, 1.54) is 18.3 Å². The van der Waals surface area contributed by atoms with Crippen molar-refractivity contribution in [1.82, 2.24) is 20.1 Å². The molecule has 0 radical (unpaired) electrons. The lowest BCUT2D eigenvalue weighted by atomic mass is 9.74. The maximum atomic E-state index is 15.3. The molecule has 2 aromatic heterocycles. The molecule has 2 N–H and O–H groups in total. The summed E-state index contributed by atoms with van der Waals surface area (Å²) in [5.74, 6) is -1.34. The van der Waals surface area contributed by atoms with Crippen molar-refractivity contribution < 1.29 is 13.6 Å². The minimum Gasteiger partial charge on any atom is -0.352 e. The molecule has 0 unspecified atom stereocenters. The van der Waals surface area contributed by atoms with Crippen LogP contribution in [0.5, 0.6) is 0 Å². The molecule has 1 aromatic carbocycles. The van der Waals surface area contributed by atoms with Gasteiger partial charge in [0.25, 0.3) is 5.56 Å². The van der Waals surface area contributed by atoms with Crippen LogP contribution in [0.15, 0.2) is 40.8 Å². The van der Waals surface area contributed by atoms with Crippen LogP contribution in [0, 0.1) is 11.6 Å². The van der Waals surface area contributed by atoms with Gasteiger partial charge < -0.3 is 10.3 Å². The lowest BCUT2D eigenvalue weighted by Crippen LogP contribution is -2.32. The van der Waals surface area contributed by atoms with Gasteiger partial charge in [0, 0.05) is 35.2 Å². The molecule has 1 aliphatic rings. The van der Waals surface area contributed by atoms with Crippen molar-refractivity contribution in [2.75, 3.05) is 6.54 Å². The normalized spacial score (nSPS) is 15.7. The highest BCUT2D eigenvalue weighted by molar-refractivity contribution is 5.95. The van der Waals surface area contributed by atoms with E-state index < -0.39 is 22.6 Å². The number of carbonyl (C=O) groups excluding carboxylic acids is 1. The van der Waals surface area contributed by atoms with E-state index in [1.807, 2.05) is 26.8 Å². The van der Waals surface area contributed by atoms with Crippen LogP contribution in [0.2, 0.25) is 0 Å². The Labute approximate surface area is 184 Å². The number of benzene rings is 1. The second-order valence-corrected chi connectivity index (χ2v) is 8.12. The number of aryl methyl sites for hydroxylation is 1. The van der Waals surface area contributed by atoms with Gasteiger partial charge in [-0.3, -0.25) is 14.3 Å². The summed E-state index contributed by atoms with van der Waals surface area (Å²) in [6.45, 7) is 6.78. The van der Waals surface area contributed by atoms with Crippen molar-refractivity contribution >= 4 is 16.8 Å². The highest BCUT2D eigenvalue weighted by Gasteiger charge is 2.33. The van der Waals surface area contributed by atoms with Gasteiger partial charge >= 0.3 is 0 Å². The summed E-state index contributed by atoms with van der Waals surface area (Å²) in [6, 6.07) is 4.06. The van der Waals surface area contributed by atoms with E-state index in [4.69, 9.17) is 0 Å². The third-order valence-electron chi connectivity index (χ3n) is 6.51. The van der Waals surface area contributed by atoms with Crippen molar-refractivity contribution in [1.29, 1.82) is 0 Å². The highest BCUT2D eigenvalue weighted by atomic mass is 19.1. The van der Waals surface area contributed by atoms with E-state index >= 15 is 4.39 Å². The number of allylic oxidation sites excluding steroid dienone is 1. The van der Waals surface area contributed by atoms with Gasteiger partial charge in [0.1, 0.15) is 11.6 Å². The first-order valence-electron chi connectivity index (χ1n) is 10.9. The summed E-state index contributed by atoms with van der Waals surface area (Å²) in [5, 5.41) is 7.25. The lowest BCUT2D eigenvalue weighted by molar-refractivity contribution is -0.116. The number of hydrogen-bond donors (Lipinski definition) is 2. The molecule has 0 spiro atoms. The molecular weight excluding hydrogens is 414 g/mol. The molecule has 0 saturated carbocycles. The minimum absolute atomic E-state index is 0.0734. The molecule has 3 aromatic rings. The monoisotopic (exact) mass is 440 g/mol. The zero-order chi connectivity index (χ0) is 23.0. The average molecular weight is 440 g/mol. The number of aromatic nitrogens is 3. The Bertz CT molecular complexity index is 1290. The van der Waals surface area contributed by atoms with Gasteiger partial charge in [-0.1, -0.05) is 19.9 Å². The second-order valence-electron chi connectivity index (χ2n) is 8.12. The van der Waals surface area contributed by atoms with Gasteiger partial charge in [-0.05, 0) is 44.4 Å². The standard InChI is InChI=1S/C24H26F2N4O2/c1-4-24(5-2,12-14-7-8-27-22(14)31)17-11-19(26)21(29-23(17)32)15-9-18(25)16-13-28-30(6-3)20(16)10-15/h9-13H,4-8H2,1-3H3,(H,27,31)(H,29,32). The van der Waals surface area contributed by atoms with Crippen LogP contribution in [0.25, 0.3) is 22.2 Å². The summed E-state index contributed by atoms with van der Waals surface area (Å²) < 4.78 is 31.6. The Kier molecular flexibility index (Phi) is 5.71. The van der Waals surface area contributed by atoms with E-state index in [-0.39, 0.29) is 22.7 Å². The molecule has 1 fully saturated rings. The molecule has 3 heterocycles. The predicted molar refractivity (Wildman–Crippen MR) is 119 cm³/mol. The molecule has 0 atom stereocenters. The van der Waals surface area contributed by atoms with Gasteiger partial charge in [-0.15, -0.1) is 0 Å². The van der Waals surface area contributed by atoms with Gasteiger partial charge in [0.2, 0.25) is 5.91 Å². The summed E-state index contributed by atoms with van der Waals surface area (Å²) in [7, 11) is 0. The average Bonchev–Trinajstić information content (AvgIpc) is 3.39. The van der Waals surface area contributed by atoms with Gasteiger partial charge in [0.15, 0.2) is 0 Å². The second kappa shape index (κ2) is 8.33. The van der Waals surface area contributed by atoms with Crippen LogP contribution in [0.4, 0.5) is 8.78 Å². The lowest BCUT2D eigenvalue weighted by Gasteiger charge is -2.29.